The van der Waals surface area contributed by atoms with Crippen molar-refractivity contribution in [2.24, 2.45) is 7.05 Å². The Hall–Kier alpha value is -3.36. The van der Waals surface area contributed by atoms with Crippen molar-refractivity contribution < 1.29 is 0 Å². The van der Waals surface area contributed by atoms with Gasteiger partial charge in [-0.05, 0) is 29.7 Å². The number of aryl methyl sites for hydroxylation is 1. The van der Waals surface area contributed by atoms with E-state index in [2.05, 4.69) is 39.0 Å². The minimum Gasteiger partial charge on any atom is -0.340 e. The van der Waals surface area contributed by atoms with Crippen LogP contribution in [0.15, 0.2) is 64.2 Å². The number of fused-ring (bicyclic) bond motifs is 1. The fourth-order valence-corrected chi connectivity index (χ4v) is 4.75. The van der Waals surface area contributed by atoms with E-state index in [1.165, 1.54) is 10.1 Å². The molecule has 0 spiro atoms. The third-order valence-electron chi connectivity index (χ3n) is 6.43. The molecule has 0 aliphatic carbocycles. The molecule has 1 aliphatic heterocycles. The van der Waals surface area contributed by atoms with Crippen molar-refractivity contribution >= 4 is 28.7 Å². The smallest absolute Gasteiger partial charge is 0.329 e. The van der Waals surface area contributed by atoms with Crippen LogP contribution >= 0.6 is 11.6 Å². The zero-order valence-electron chi connectivity index (χ0n) is 19.1. The van der Waals surface area contributed by atoms with Gasteiger partial charge in [0.2, 0.25) is 5.95 Å². The number of rotatable bonds is 6. The third kappa shape index (κ3) is 4.51. The lowest BCUT2D eigenvalue weighted by atomic mass is 10.1. The van der Waals surface area contributed by atoms with E-state index in [1.54, 1.807) is 7.05 Å². The average molecular weight is 479 g/mol. The summed E-state index contributed by atoms with van der Waals surface area (Å²) in [5.41, 5.74) is 2.18. The maximum Gasteiger partial charge on any atom is 0.329 e. The molecule has 4 aromatic rings. The molecule has 2 aromatic heterocycles. The highest BCUT2D eigenvalue weighted by atomic mass is 35.5. The lowest BCUT2D eigenvalue weighted by Crippen LogP contribution is -2.47. The number of aromatic nitrogens is 4. The number of anilines is 1. The number of H-pyrrole nitrogens is 1. The third-order valence-corrected chi connectivity index (χ3v) is 6.67. The van der Waals surface area contributed by atoms with Crippen molar-refractivity contribution in [1.29, 1.82) is 0 Å². The van der Waals surface area contributed by atoms with E-state index in [4.69, 9.17) is 16.6 Å². The molecule has 1 saturated heterocycles. The molecular formula is C25H27ClN6O2. The average Bonchev–Trinajstić information content (AvgIpc) is 3.22. The number of hydrogen-bond acceptors (Lipinski definition) is 5. The number of hydrogen-bond donors (Lipinski definition) is 1. The molecule has 1 aliphatic rings. The monoisotopic (exact) mass is 478 g/mol. The van der Waals surface area contributed by atoms with Gasteiger partial charge in [0, 0.05) is 44.8 Å². The fourth-order valence-electron chi connectivity index (χ4n) is 4.54. The van der Waals surface area contributed by atoms with E-state index < -0.39 is 11.2 Å². The van der Waals surface area contributed by atoms with E-state index in [0.29, 0.717) is 28.7 Å². The second kappa shape index (κ2) is 9.48. The minimum absolute atomic E-state index is 0.386. The number of benzene rings is 2. The molecule has 0 atom stereocenters. The first-order chi connectivity index (χ1) is 16.5. The Kier molecular flexibility index (Phi) is 6.26. The van der Waals surface area contributed by atoms with E-state index >= 15 is 0 Å². The molecule has 1 fully saturated rings. The van der Waals surface area contributed by atoms with Crippen LogP contribution in [0.2, 0.25) is 5.02 Å². The van der Waals surface area contributed by atoms with Gasteiger partial charge >= 0.3 is 5.69 Å². The van der Waals surface area contributed by atoms with Crippen LogP contribution in [0.1, 0.15) is 11.1 Å². The first kappa shape index (κ1) is 22.4. The number of piperazine rings is 1. The van der Waals surface area contributed by atoms with E-state index in [-0.39, 0.29) is 0 Å². The van der Waals surface area contributed by atoms with Crippen molar-refractivity contribution in [3.8, 4) is 0 Å². The van der Waals surface area contributed by atoms with Gasteiger partial charge in [-0.15, -0.1) is 0 Å². The van der Waals surface area contributed by atoms with Crippen LogP contribution < -0.4 is 16.1 Å². The van der Waals surface area contributed by atoms with E-state index in [9.17, 15) is 9.59 Å². The number of halogens is 1. The minimum atomic E-state index is -0.470. The Morgan fingerprint density at radius 3 is 2.44 bits per heavy atom. The van der Waals surface area contributed by atoms with Crippen LogP contribution in [0.3, 0.4) is 0 Å². The summed E-state index contributed by atoms with van der Waals surface area (Å²) in [6, 6.07) is 18.1. The molecule has 1 N–H and O–H groups in total. The maximum atomic E-state index is 12.8. The number of imidazole rings is 1. The van der Waals surface area contributed by atoms with E-state index in [1.807, 2.05) is 34.9 Å². The number of aromatic amines is 1. The molecule has 0 unspecified atom stereocenters. The summed E-state index contributed by atoms with van der Waals surface area (Å²) < 4.78 is 3.30. The Morgan fingerprint density at radius 2 is 1.71 bits per heavy atom. The van der Waals surface area contributed by atoms with Gasteiger partial charge in [-0.3, -0.25) is 23.8 Å². The molecular weight excluding hydrogens is 452 g/mol. The molecule has 3 heterocycles. The molecule has 9 heteroatoms. The standard InChI is InChI=1S/C25H27ClN6O2/c1-29-22-21(23(33)28-25(29)34)32(17-19-8-5-9-20(26)16-19)24(27-22)31-14-12-30(13-15-31)11-10-18-6-3-2-4-7-18/h2-9,16H,10-15,17H2,1H3,(H,28,33,34). The lowest BCUT2D eigenvalue weighted by molar-refractivity contribution is 0.259. The molecule has 0 radical (unpaired) electrons. The molecule has 0 amide bonds. The maximum absolute atomic E-state index is 12.8. The van der Waals surface area contributed by atoms with Crippen molar-refractivity contribution in [1.82, 2.24) is 24.0 Å². The van der Waals surface area contributed by atoms with Gasteiger partial charge < -0.3 is 4.90 Å². The van der Waals surface area contributed by atoms with Gasteiger partial charge in [0.15, 0.2) is 11.2 Å². The number of nitrogens with zero attached hydrogens (tertiary/aromatic N) is 5. The topological polar surface area (TPSA) is 79.2 Å². The lowest BCUT2D eigenvalue weighted by Gasteiger charge is -2.35. The highest BCUT2D eigenvalue weighted by Crippen LogP contribution is 2.23. The van der Waals surface area contributed by atoms with Crippen LogP contribution in [0.5, 0.6) is 0 Å². The van der Waals surface area contributed by atoms with Gasteiger partial charge in [0.25, 0.3) is 5.56 Å². The van der Waals surface area contributed by atoms with Gasteiger partial charge in [-0.1, -0.05) is 54.1 Å². The van der Waals surface area contributed by atoms with Crippen LogP contribution in [0.4, 0.5) is 5.95 Å². The molecule has 2 aromatic carbocycles. The van der Waals surface area contributed by atoms with Gasteiger partial charge in [-0.2, -0.15) is 4.98 Å². The van der Waals surface area contributed by atoms with Crippen molar-refractivity contribution in [2.45, 2.75) is 13.0 Å². The van der Waals surface area contributed by atoms with Crippen LogP contribution in [-0.4, -0.2) is 56.7 Å². The Balaban J connectivity index is 1.42. The molecule has 0 bridgehead atoms. The molecule has 0 saturated carbocycles. The summed E-state index contributed by atoms with van der Waals surface area (Å²) in [5, 5.41) is 0.636. The SMILES string of the molecule is Cn1c(=O)[nH]c(=O)c2c1nc(N1CCN(CCc3ccccc3)CC1)n2Cc1cccc(Cl)c1. The largest absolute Gasteiger partial charge is 0.340 e. The van der Waals surface area contributed by atoms with Crippen LogP contribution in [0.25, 0.3) is 11.2 Å². The molecule has 8 nitrogen and oxygen atoms in total. The zero-order valence-corrected chi connectivity index (χ0v) is 19.8. The Morgan fingerprint density at radius 1 is 0.971 bits per heavy atom. The van der Waals surface area contributed by atoms with Crippen molar-refractivity contribution in [2.75, 3.05) is 37.6 Å². The van der Waals surface area contributed by atoms with Crippen LogP contribution in [-0.2, 0) is 20.0 Å². The quantitative estimate of drug-likeness (QED) is 0.460. The normalized spacial score (nSPS) is 14.7. The number of nitrogens with one attached hydrogen (secondary N) is 1. The van der Waals surface area contributed by atoms with Gasteiger partial charge in [0.1, 0.15) is 0 Å². The summed E-state index contributed by atoms with van der Waals surface area (Å²) in [4.78, 5) is 36.9. The summed E-state index contributed by atoms with van der Waals surface area (Å²) in [6.07, 6.45) is 1.02. The Bertz CT molecular complexity index is 1420. The molecule has 5 rings (SSSR count). The Labute approximate surface area is 202 Å². The van der Waals surface area contributed by atoms with Crippen molar-refractivity contribution in [3.05, 3.63) is 91.6 Å². The highest BCUT2D eigenvalue weighted by Gasteiger charge is 2.25. The second-order valence-corrected chi connectivity index (χ2v) is 9.12. The summed E-state index contributed by atoms with van der Waals surface area (Å²) in [6.45, 7) is 4.83. The van der Waals surface area contributed by atoms with Crippen molar-refractivity contribution in [3.63, 3.8) is 0 Å². The fraction of sp³-hybridized carbons (Fsp3) is 0.320. The molecule has 176 valence electrons. The highest BCUT2D eigenvalue weighted by molar-refractivity contribution is 6.30. The first-order valence-electron chi connectivity index (χ1n) is 11.4. The summed E-state index contributed by atoms with van der Waals surface area (Å²) >= 11 is 6.20. The predicted molar refractivity (Wildman–Crippen MR) is 135 cm³/mol. The van der Waals surface area contributed by atoms with E-state index in [0.717, 1.165) is 44.7 Å². The van der Waals surface area contributed by atoms with Gasteiger partial charge in [-0.25, -0.2) is 4.79 Å². The predicted octanol–water partition coefficient (Wildman–Crippen LogP) is 2.49. The summed E-state index contributed by atoms with van der Waals surface area (Å²) in [7, 11) is 1.63. The molecule has 34 heavy (non-hydrogen) atoms. The van der Waals surface area contributed by atoms with Crippen LogP contribution in [0, 0.1) is 0 Å². The first-order valence-corrected chi connectivity index (χ1v) is 11.8. The summed E-state index contributed by atoms with van der Waals surface area (Å²) in [5.74, 6) is 0.699. The zero-order chi connectivity index (χ0) is 23.7. The van der Waals surface area contributed by atoms with Gasteiger partial charge in [0.05, 0.1) is 6.54 Å². The second-order valence-electron chi connectivity index (χ2n) is 8.68.